The first-order valence-electron chi connectivity index (χ1n) is 9.52. The molecule has 4 heterocycles. The zero-order valence-corrected chi connectivity index (χ0v) is 15.8. The lowest BCUT2D eigenvalue weighted by Crippen LogP contribution is -2.48. The van der Waals surface area contributed by atoms with Crippen LogP contribution in [0.15, 0.2) is 36.7 Å². The van der Waals surface area contributed by atoms with Gasteiger partial charge in [0.2, 0.25) is 0 Å². The number of ether oxygens (including phenoxy) is 1. The number of nitrogens with two attached hydrogens (primary N) is 1. The Balaban J connectivity index is 1.35. The molecule has 144 valence electrons. The molecule has 5 rings (SSSR count). The average molecular weight is 377 g/mol. The molecule has 28 heavy (non-hydrogen) atoms. The van der Waals surface area contributed by atoms with E-state index in [0.29, 0.717) is 23.7 Å². The molecule has 0 amide bonds. The number of hydrogen-bond donors (Lipinski definition) is 3. The van der Waals surface area contributed by atoms with Crippen LogP contribution in [-0.4, -0.2) is 43.8 Å². The summed E-state index contributed by atoms with van der Waals surface area (Å²) >= 11 is 0. The largest absolute Gasteiger partial charge is 0.470 e. The molecular formula is C20H23N7O. The molecule has 8 nitrogen and oxygen atoms in total. The van der Waals surface area contributed by atoms with Crippen LogP contribution in [0.1, 0.15) is 25.3 Å². The molecule has 0 bridgehead atoms. The summed E-state index contributed by atoms with van der Waals surface area (Å²) in [6.45, 7) is 4.28. The molecule has 1 aromatic carbocycles. The fourth-order valence-corrected chi connectivity index (χ4v) is 3.69. The van der Waals surface area contributed by atoms with E-state index in [-0.39, 0.29) is 5.54 Å². The molecule has 0 radical (unpaired) electrons. The molecule has 1 aliphatic heterocycles. The Morgan fingerprint density at radius 2 is 2.11 bits per heavy atom. The number of H-pyrrole nitrogens is 2. The molecule has 0 spiro atoms. The van der Waals surface area contributed by atoms with Gasteiger partial charge in [0.15, 0.2) is 11.2 Å². The number of aromatic nitrogens is 5. The number of nitrogens with one attached hydrogen (secondary N) is 2. The molecule has 0 saturated carbocycles. The van der Waals surface area contributed by atoms with Crippen LogP contribution in [0.25, 0.3) is 22.1 Å². The highest BCUT2D eigenvalue weighted by Gasteiger charge is 2.27. The predicted octanol–water partition coefficient (Wildman–Crippen LogP) is 2.73. The topological polar surface area (TPSA) is 109 Å². The lowest BCUT2D eigenvalue weighted by molar-refractivity contribution is 0.297. The van der Waals surface area contributed by atoms with Crippen molar-refractivity contribution >= 4 is 27.9 Å². The second-order valence-electron chi connectivity index (χ2n) is 7.74. The average Bonchev–Trinajstić information content (AvgIpc) is 3.33. The van der Waals surface area contributed by atoms with E-state index in [1.807, 2.05) is 24.4 Å². The van der Waals surface area contributed by atoms with Gasteiger partial charge in [-0.2, -0.15) is 0 Å². The number of fused-ring (bicyclic) bond motifs is 2. The van der Waals surface area contributed by atoms with Gasteiger partial charge < -0.3 is 20.4 Å². The summed E-state index contributed by atoms with van der Waals surface area (Å²) in [6, 6.07) is 8.16. The van der Waals surface area contributed by atoms with Gasteiger partial charge in [-0.05, 0) is 37.5 Å². The third-order valence-corrected chi connectivity index (χ3v) is 5.51. The van der Waals surface area contributed by atoms with E-state index in [9.17, 15) is 0 Å². The molecule has 1 saturated heterocycles. The Morgan fingerprint density at radius 3 is 2.96 bits per heavy atom. The summed E-state index contributed by atoms with van der Waals surface area (Å²) < 4.78 is 5.95. The van der Waals surface area contributed by atoms with Crippen LogP contribution in [0.3, 0.4) is 0 Å². The smallest absolute Gasteiger partial charge is 0.261 e. The van der Waals surface area contributed by atoms with Crippen molar-refractivity contribution in [2.24, 2.45) is 5.73 Å². The predicted molar refractivity (Wildman–Crippen MR) is 108 cm³/mol. The first-order valence-corrected chi connectivity index (χ1v) is 9.52. The van der Waals surface area contributed by atoms with Crippen molar-refractivity contribution in [3.05, 3.63) is 42.2 Å². The van der Waals surface area contributed by atoms with E-state index in [2.05, 4.69) is 43.0 Å². The SMILES string of the molecule is CC1(N)CCN(c2cnc3c(OCc4cccc5[nH]ccc45)n[nH]c3n2)CC1. The molecule has 0 unspecified atom stereocenters. The van der Waals surface area contributed by atoms with Crippen LogP contribution < -0.4 is 15.4 Å². The molecule has 1 aliphatic rings. The number of hydrogen-bond acceptors (Lipinski definition) is 6. The minimum absolute atomic E-state index is 0.0919. The van der Waals surface area contributed by atoms with Gasteiger partial charge in [0, 0.05) is 35.7 Å². The van der Waals surface area contributed by atoms with Crippen molar-refractivity contribution in [2.75, 3.05) is 18.0 Å². The Kier molecular flexibility index (Phi) is 3.94. The van der Waals surface area contributed by atoms with E-state index in [1.54, 1.807) is 6.20 Å². The Labute approximate surface area is 162 Å². The molecular weight excluding hydrogens is 354 g/mol. The number of piperidine rings is 1. The van der Waals surface area contributed by atoms with Crippen molar-refractivity contribution in [3.63, 3.8) is 0 Å². The van der Waals surface area contributed by atoms with E-state index < -0.39 is 0 Å². The fourth-order valence-electron chi connectivity index (χ4n) is 3.69. The van der Waals surface area contributed by atoms with Crippen molar-refractivity contribution in [1.29, 1.82) is 0 Å². The van der Waals surface area contributed by atoms with Crippen molar-refractivity contribution in [2.45, 2.75) is 31.9 Å². The minimum atomic E-state index is -0.0919. The van der Waals surface area contributed by atoms with E-state index >= 15 is 0 Å². The standard InChI is InChI=1S/C20H23N7O/c1-20(21)6-9-27(10-7-20)16-11-23-17-18(24-16)25-26-19(17)28-12-13-3-2-4-15-14(13)5-8-22-15/h2-5,8,11,22H,6-7,9-10,12,21H2,1H3,(H,24,25,26). The normalized spacial score (nSPS) is 16.7. The monoisotopic (exact) mass is 377 g/mol. The molecule has 4 N–H and O–H groups in total. The molecule has 4 aromatic rings. The lowest BCUT2D eigenvalue weighted by atomic mass is 9.91. The van der Waals surface area contributed by atoms with Gasteiger partial charge in [0.25, 0.3) is 5.88 Å². The van der Waals surface area contributed by atoms with Crippen molar-refractivity contribution in [3.8, 4) is 5.88 Å². The van der Waals surface area contributed by atoms with Crippen molar-refractivity contribution in [1.82, 2.24) is 25.1 Å². The molecule has 0 atom stereocenters. The maximum Gasteiger partial charge on any atom is 0.261 e. The van der Waals surface area contributed by atoms with Crippen LogP contribution in [-0.2, 0) is 6.61 Å². The number of aromatic amines is 2. The Hall–Kier alpha value is -3.13. The highest BCUT2D eigenvalue weighted by atomic mass is 16.5. The maximum atomic E-state index is 6.22. The van der Waals surface area contributed by atoms with Gasteiger partial charge in [0.1, 0.15) is 12.4 Å². The molecule has 0 aliphatic carbocycles. The van der Waals surface area contributed by atoms with Gasteiger partial charge in [-0.15, -0.1) is 5.10 Å². The van der Waals surface area contributed by atoms with Gasteiger partial charge in [-0.3, -0.25) is 5.10 Å². The molecule has 8 heteroatoms. The molecule has 3 aromatic heterocycles. The highest BCUT2D eigenvalue weighted by Crippen LogP contribution is 2.26. The van der Waals surface area contributed by atoms with Crippen LogP contribution in [0.4, 0.5) is 5.82 Å². The van der Waals surface area contributed by atoms with E-state index in [0.717, 1.165) is 48.2 Å². The maximum absolute atomic E-state index is 6.22. The third kappa shape index (κ3) is 3.05. The number of anilines is 1. The van der Waals surface area contributed by atoms with Crippen LogP contribution in [0, 0.1) is 0 Å². The number of rotatable bonds is 4. The Morgan fingerprint density at radius 1 is 1.25 bits per heavy atom. The summed E-state index contributed by atoms with van der Waals surface area (Å²) in [5.74, 6) is 1.31. The second kappa shape index (κ2) is 6.49. The second-order valence-corrected chi connectivity index (χ2v) is 7.74. The van der Waals surface area contributed by atoms with E-state index in [4.69, 9.17) is 10.5 Å². The lowest BCUT2D eigenvalue weighted by Gasteiger charge is -2.37. The van der Waals surface area contributed by atoms with Crippen LogP contribution in [0.2, 0.25) is 0 Å². The zero-order valence-electron chi connectivity index (χ0n) is 15.8. The van der Waals surface area contributed by atoms with E-state index in [1.165, 1.54) is 0 Å². The third-order valence-electron chi connectivity index (χ3n) is 5.51. The first-order chi connectivity index (χ1) is 13.6. The quantitative estimate of drug-likeness (QED) is 0.505. The van der Waals surface area contributed by atoms with Crippen molar-refractivity contribution < 1.29 is 4.74 Å². The van der Waals surface area contributed by atoms with Gasteiger partial charge >= 0.3 is 0 Å². The first kappa shape index (κ1) is 17.0. The van der Waals surface area contributed by atoms with Gasteiger partial charge in [0.05, 0.1) is 6.20 Å². The zero-order chi connectivity index (χ0) is 19.1. The highest BCUT2D eigenvalue weighted by molar-refractivity contribution is 5.83. The van der Waals surface area contributed by atoms with Gasteiger partial charge in [-0.1, -0.05) is 12.1 Å². The summed E-state index contributed by atoms with van der Waals surface area (Å²) in [7, 11) is 0. The van der Waals surface area contributed by atoms with Crippen LogP contribution in [0.5, 0.6) is 5.88 Å². The summed E-state index contributed by atoms with van der Waals surface area (Å²) in [4.78, 5) is 14.7. The summed E-state index contributed by atoms with van der Waals surface area (Å²) in [6.07, 6.45) is 5.60. The number of nitrogens with zero attached hydrogens (tertiary/aromatic N) is 4. The van der Waals surface area contributed by atoms with Gasteiger partial charge in [-0.25, -0.2) is 9.97 Å². The van der Waals surface area contributed by atoms with Crippen LogP contribution >= 0.6 is 0 Å². The number of benzene rings is 1. The fraction of sp³-hybridized carbons (Fsp3) is 0.350. The Bertz CT molecular complexity index is 1120. The minimum Gasteiger partial charge on any atom is -0.470 e. The summed E-state index contributed by atoms with van der Waals surface area (Å²) in [5.41, 5.74) is 9.59. The summed E-state index contributed by atoms with van der Waals surface area (Å²) in [5, 5.41) is 8.36. The molecule has 1 fully saturated rings.